The Morgan fingerprint density at radius 2 is 2.08 bits per heavy atom. The van der Waals surface area contributed by atoms with Gasteiger partial charge in [-0.25, -0.2) is 15.0 Å². The Balaban J connectivity index is 1.62. The number of aromatic nitrogens is 4. The van der Waals surface area contributed by atoms with Gasteiger partial charge in [0.25, 0.3) is 0 Å². The molecular weight excluding hydrogens is 316 g/mol. The fraction of sp³-hybridized carbons (Fsp3) is 0.529. The summed E-state index contributed by atoms with van der Waals surface area (Å²) < 4.78 is 1.75. The van der Waals surface area contributed by atoms with Gasteiger partial charge >= 0.3 is 0 Å². The number of nitrogens with one attached hydrogen (secondary N) is 2. The number of nitrogens with zero attached hydrogens (tertiary/aromatic N) is 6. The van der Waals surface area contributed by atoms with Gasteiger partial charge in [0.15, 0.2) is 5.96 Å². The van der Waals surface area contributed by atoms with Gasteiger partial charge in [-0.1, -0.05) is 0 Å². The van der Waals surface area contributed by atoms with Crippen molar-refractivity contribution in [1.82, 2.24) is 30.4 Å². The second kappa shape index (κ2) is 8.46. The van der Waals surface area contributed by atoms with E-state index < -0.39 is 0 Å². The van der Waals surface area contributed by atoms with Crippen molar-refractivity contribution in [3.05, 3.63) is 36.0 Å². The molecular formula is C17H26N8. The maximum absolute atomic E-state index is 4.67. The molecule has 3 heterocycles. The first-order valence-electron chi connectivity index (χ1n) is 8.81. The summed E-state index contributed by atoms with van der Waals surface area (Å²) in [4.78, 5) is 15.7. The van der Waals surface area contributed by atoms with Crippen LogP contribution in [0.4, 0.5) is 5.82 Å². The number of rotatable bonds is 6. The van der Waals surface area contributed by atoms with Gasteiger partial charge in [-0.05, 0) is 37.5 Å². The summed E-state index contributed by atoms with van der Waals surface area (Å²) in [5.74, 6) is 2.69. The Kier molecular flexibility index (Phi) is 5.81. The highest BCUT2D eigenvalue weighted by Crippen LogP contribution is 2.18. The first-order valence-corrected chi connectivity index (χ1v) is 8.81. The lowest BCUT2D eigenvalue weighted by atomic mass is 10.2. The van der Waals surface area contributed by atoms with Crippen molar-refractivity contribution in [2.24, 2.45) is 12.0 Å². The molecule has 1 saturated heterocycles. The lowest BCUT2D eigenvalue weighted by Gasteiger charge is -2.16. The average molecular weight is 342 g/mol. The SMILES string of the molecule is CCNC(=NCc1ccnc(N2CCCC2)c1)NCc1ncnn1C. The van der Waals surface area contributed by atoms with Gasteiger partial charge < -0.3 is 15.5 Å². The highest BCUT2D eigenvalue weighted by atomic mass is 15.3. The van der Waals surface area contributed by atoms with Crippen LogP contribution in [0.2, 0.25) is 0 Å². The molecule has 0 amide bonds. The molecule has 0 bridgehead atoms. The van der Waals surface area contributed by atoms with Crippen LogP contribution >= 0.6 is 0 Å². The van der Waals surface area contributed by atoms with Crippen LogP contribution in [0.25, 0.3) is 0 Å². The summed E-state index contributed by atoms with van der Waals surface area (Å²) in [6.07, 6.45) is 5.93. The van der Waals surface area contributed by atoms with Crippen molar-refractivity contribution in [2.75, 3.05) is 24.5 Å². The Bertz CT molecular complexity index is 702. The first kappa shape index (κ1) is 17.2. The van der Waals surface area contributed by atoms with E-state index in [1.807, 2.05) is 19.3 Å². The molecule has 0 aromatic carbocycles. The van der Waals surface area contributed by atoms with Gasteiger partial charge in [0.2, 0.25) is 0 Å². The van der Waals surface area contributed by atoms with E-state index in [0.717, 1.165) is 42.8 Å². The number of hydrogen-bond donors (Lipinski definition) is 2. The van der Waals surface area contributed by atoms with Crippen molar-refractivity contribution in [3.63, 3.8) is 0 Å². The minimum Gasteiger partial charge on any atom is -0.357 e. The smallest absolute Gasteiger partial charge is 0.191 e. The normalized spacial score (nSPS) is 14.8. The van der Waals surface area contributed by atoms with Crippen molar-refractivity contribution in [1.29, 1.82) is 0 Å². The van der Waals surface area contributed by atoms with Gasteiger partial charge in [0.1, 0.15) is 18.0 Å². The van der Waals surface area contributed by atoms with Gasteiger partial charge in [-0.2, -0.15) is 5.10 Å². The molecule has 0 spiro atoms. The third kappa shape index (κ3) is 4.68. The molecule has 1 aliphatic heterocycles. The summed E-state index contributed by atoms with van der Waals surface area (Å²) in [5.41, 5.74) is 1.16. The summed E-state index contributed by atoms with van der Waals surface area (Å²) in [5, 5.41) is 10.6. The van der Waals surface area contributed by atoms with E-state index in [-0.39, 0.29) is 0 Å². The number of guanidine groups is 1. The molecule has 134 valence electrons. The van der Waals surface area contributed by atoms with Gasteiger partial charge in [-0.3, -0.25) is 4.68 Å². The summed E-state index contributed by atoms with van der Waals surface area (Å²) in [6.45, 7) is 6.25. The molecule has 8 nitrogen and oxygen atoms in total. The maximum Gasteiger partial charge on any atom is 0.191 e. The van der Waals surface area contributed by atoms with E-state index in [2.05, 4.69) is 48.6 Å². The fourth-order valence-electron chi connectivity index (χ4n) is 2.83. The first-order chi connectivity index (χ1) is 12.3. The number of aliphatic imine (C=N–C) groups is 1. The zero-order valence-electron chi connectivity index (χ0n) is 14.9. The molecule has 0 unspecified atom stereocenters. The Morgan fingerprint density at radius 1 is 1.24 bits per heavy atom. The summed E-state index contributed by atoms with van der Waals surface area (Å²) in [7, 11) is 1.88. The van der Waals surface area contributed by atoms with E-state index in [9.17, 15) is 0 Å². The largest absolute Gasteiger partial charge is 0.357 e. The van der Waals surface area contributed by atoms with E-state index in [1.54, 1.807) is 11.0 Å². The second-order valence-corrected chi connectivity index (χ2v) is 6.07. The second-order valence-electron chi connectivity index (χ2n) is 6.07. The Morgan fingerprint density at radius 3 is 2.80 bits per heavy atom. The predicted molar refractivity (Wildman–Crippen MR) is 98.3 cm³/mol. The monoisotopic (exact) mass is 342 g/mol. The zero-order valence-corrected chi connectivity index (χ0v) is 14.9. The molecule has 2 N–H and O–H groups in total. The van der Waals surface area contributed by atoms with Gasteiger partial charge in [-0.15, -0.1) is 0 Å². The van der Waals surface area contributed by atoms with Crippen LogP contribution < -0.4 is 15.5 Å². The summed E-state index contributed by atoms with van der Waals surface area (Å²) >= 11 is 0. The van der Waals surface area contributed by atoms with Crippen molar-refractivity contribution >= 4 is 11.8 Å². The average Bonchev–Trinajstić information content (AvgIpc) is 3.29. The van der Waals surface area contributed by atoms with E-state index in [4.69, 9.17) is 0 Å². The standard InChI is InChI=1S/C17H26N8/c1-3-18-17(21-12-16-22-13-23-24(16)2)20-11-14-6-7-19-15(10-14)25-8-4-5-9-25/h6-7,10,13H,3-5,8-9,11-12H2,1-2H3,(H2,18,20,21). The zero-order chi connectivity index (χ0) is 17.5. The predicted octanol–water partition coefficient (Wildman–Crippen LogP) is 1.07. The lowest BCUT2D eigenvalue weighted by molar-refractivity contribution is 0.673. The molecule has 2 aromatic heterocycles. The number of pyridine rings is 1. The quantitative estimate of drug-likeness (QED) is 0.603. The van der Waals surface area contributed by atoms with Crippen LogP contribution in [0.5, 0.6) is 0 Å². The molecule has 3 rings (SSSR count). The van der Waals surface area contributed by atoms with Crippen LogP contribution in [0.1, 0.15) is 31.2 Å². The Hall–Kier alpha value is -2.64. The molecule has 0 radical (unpaired) electrons. The van der Waals surface area contributed by atoms with Crippen LogP contribution in [-0.4, -0.2) is 45.3 Å². The van der Waals surface area contributed by atoms with Crippen molar-refractivity contribution in [3.8, 4) is 0 Å². The van der Waals surface area contributed by atoms with Gasteiger partial charge in [0.05, 0.1) is 13.1 Å². The van der Waals surface area contributed by atoms with Crippen molar-refractivity contribution in [2.45, 2.75) is 32.9 Å². The molecule has 1 fully saturated rings. The third-order valence-corrected chi connectivity index (χ3v) is 4.22. The molecule has 1 aliphatic rings. The Labute approximate surface area is 148 Å². The van der Waals surface area contributed by atoms with Crippen LogP contribution in [0, 0.1) is 0 Å². The number of aryl methyl sites for hydroxylation is 1. The maximum atomic E-state index is 4.67. The molecule has 8 heteroatoms. The number of anilines is 1. The fourth-order valence-corrected chi connectivity index (χ4v) is 2.83. The lowest BCUT2D eigenvalue weighted by Crippen LogP contribution is -2.37. The van der Waals surface area contributed by atoms with Crippen LogP contribution in [0.3, 0.4) is 0 Å². The summed E-state index contributed by atoms with van der Waals surface area (Å²) in [6, 6.07) is 4.16. The van der Waals surface area contributed by atoms with Crippen molar-refractivity contribution < 1.29 is 0 Å². The minimum atomic E-state index is 0.581. The molecule has 0 atom stereocenters. The van der Waals surface area contributed by atoms with Crippen LogP contribution in [0.15, 0.2) is 29.6 Å². The minimum absolute atomic E-state index is 0.581. The van der Waals surface area contributed by atoms with Crippen LogP contribution in [-0.2, 0) is 20.1 Å². The number of hydrogen-bond acceptors (Lipinski definition) is 5. The third-order valence-electron chi connectivity index (χ3n) is 4.22. The highest BCUT2D eigenvalue weighted by molar-refractivity contribution is 5.79. The highest BCUT2D eigenvalue weighted by Gasteiger charge is 2.13. The van der Waals surface area contributed by atoms with E-state index in [1.165, 1.54) is 12.8 Å². The molecule has 25 heavy (non-hydrogen) atoms. The van der Waals surface area contributed by atoms with Gasteiger partial charge in [0, 0.05) is 32.9 Å². The molecule has 0 saturated carbocycles. The molecule has 2 aromatic rings. The van der Waals surface area contributed by atoms with E-state index >= 15 is 0 Å². The van der Waals surface area contributed by atoms with E-state index in [0.29, 0.717) is 13.1 Å². The molecule has 0 aliphatic carbocycles. The topological polar surface area (TPSA) is 83.3 Å².